The van der Waals surface area contributed by atoms with Gasteiger partial charge in [0, 0.05) is 19.0 Å². The molecule has 1 fully saturated rings. The van der Waals surface area contributed by atoms with Crippen LogP contribution >= 0.6 is 0 Å². The van der Waals surface area contributed by atoms with E-state index in [0.29, 0.717) is 0 Å². The van der Waals surface area contributed by atoms with Crippen LogP contribution < -0.4 is 0 Å². The van der Waals surface area contributed by atoms with E-state index in [1.165, 1.54) is 11.8 Å². The molecule has 116 valence electrons. The minimum atomic E-state index is -3.76. The molecule has 1 rings (SSSR count). The van der Waals surface area contributed by atoms with Crippen molar-refractivity contribution >= 4 is 12.1 Å². The number of carboxylic acids is 1. The summed E-state index contributed by atoms with van der Waals surface area (Å²) < 4.78 is 32.3. The van der Waals surface area contributed by atoms with Gasteiger partial charge in [-0.3, -0.25) is 0 Å². The SMILES string of the molecule is CC1CN(C(=O)OC(C)(C)C)CCC1C(F)(F)C(=O)O. The molecule has 20 heavy (non-hydrogen) atoms. The lowest BCUT2D eigenvalue weighted by molar-refractivity contribution is -0.180. The Morgan fingerprint density at radius 1 is 1.30 bits per heavy atom. The average molecular weight is 293 g/mol. The van der Waals surface area contributed by atoms with Crippen LogP contribution in [0.25, 0.3) is 0 Å². The summed E-state index contributed by atoms with van der Waals surface area (Å²) in [6.07, 6.45) is -0.610. The maximum Gasteiger partial charge on any atom is 0.410 e. The van der Waals surface area contributed by atoms with Gasteiger partial charge >= 0.3 is 18.0 Å². The molecule has 0 radical (unpaired) electrons. The Balaban J connectivity index is 2.69. The third-order valence-electron chi connectivity index (χ3n) is 3.31. The van der Waals surface area contributed by atoms with Crippen LogP contribution in [0.2, 0.25) is 0 Å². The van der Waals surface area contributed by atoms with Gasteiger partial charge in [0.05, 0.1) is 0 Å². The zero-order chi connectivity index (χ0) is 15.7. The first-order chi connectivity index (χ1) is 8.95. The molecule has 1 saturated heterocycles. The molecule has 1 N–H and O–H groups in total. The fraction of sp³-hybridized carbons (Fsp3) is 0.846. The van der Waals surface area contributed by atoms with Gasteiger partial charge in [0.1, 0.15) is 5.60 Å². The van der Waals surface area contributed by atoms with Gasteiger partial charge in [0.15, 0.2) is 0 Å². The highest BCUT2D eigenvalue weighted by Crippen LogP contribution is 2.37. The standard InChI is InChI=1S/C13H21F2NO4/c1-8-7-16(11(19)20-12(2,3)4)6-5-9(8)13(14,15)10(17)18/h8-9H,5-7H2,1-4H3,(H,17,18). The van der Waals surface area contributed by atoms with Crippen LogP contribution in [-0.4, -0.2) is 46.7 Å². The summed E-state index contributed by atoms with van der Waals surface area (Å²) >= 11 is 0. The molecule has 2 atom stereocenters. The molecule has 0 saturated carbocycles. The third kappa shape index (κ3) is 3.80. The van der Waals surface area contributed by atoms with Crippen molar-refractivity contribution in [1.82, 2.24) is 4.90 Å². The molecule has 0 aliphatic carbocycles. The van der Waals surface area contributed by atoms with Crippen molar-refractivity contribution in [2.75, 3.05) is 13.1 Å². The minimum absolute atomic E-state index is 0.0558. The summed E-state index contributed by atoms with van der Waals surface area (Å²) in [4.78, 5) is 23.8. The monoisotopic (exact) mass is 293 g/mol. The normalized spacial score (nSPS) is 24.4. The summed E-state index contributed by atoms with van der Waals surface area (Å²) in [7, 11) is 0. The van der Waals surface area contributed by atoms with Crippen LogP contribution in [0.5, 0.6) is 0 Å². The first kappa shape index (κ1) is 16.7. The molecule has 1 amide bonds. The molecule has 7 heteroatoms. The highest BCUT2D eigenvalue weighted by atomic mass is 19.3. The molecule has 2 unspecified atom stereocenters. The fourth-order valence-electron chi connectivity index (χ4n) is 2.34. The number of hydrogen-bond acceptors (Lipinski definition) is 3. The van der Waals surface area contributed by atoms with Crippen molar-refractivity contribution in [3.05, 3.63) is 0 Å². The maximum atomic E-state index is 13.5. The van der Waals surface area contributed by atoms with Crippen molar-refractivity contribution in [2.45, 2.75) is 45.6 Å². The summed E-state index contributed by atoms with van der Waals surface area (Å²) in [6, 6.07) is 0. The fourth-order valence-corrected chi connectivity index (χ4v) is 2.34. The van der Waals surface area contributed by atoms with Crippen LogP contribution in [0.3, 0.4) is 0 Å². The first-order valence-electron chi connectivity index (χ1n) is 6.54. The van der Waals surface area contributed by atoms with Crippen LogP contribution in [0, 0.1) is 11.8 Å². The second kappa shape index (κ2) is 5.54. The number of alkyl halides is 2. The number of nitrogens with zero attached hydrogens (tertiary/aromatic N) is 1. The molecule has 0 spiro atoms. The lowest BCUT2D eigenvalue weighted by Crippen LogP contribution is -2.51. The van der Waals surface area contributed by atoms with Gasteiger partial charge in [-0.15, -0.1) is 0 Å². The van der Waals surface area contributed by atoms with Crippen molar-refractivity contribution in [2.24, 2.45) is 11.8 Å². The smallest absolute Gasteiger partial charge is 0.410 e. The summed E-state index contributed by atoms with van der Waals surface area (Å²) in [6.45, 7) is 6.84. The lowest BCUT2D eigenvalue weighted by Gasteiger charge is -2.39. The Hall–Kier alpha value is -1.40. The Morgan fingerprint density at radius 2 is 1.85 bits per heavy atom. The van der Waals surface area contributed by atoms with Gasteiger partial charge in [0.2, 0.25) is 0 Å². The van der Waals surface area contributed by atoms with E-state index in [9.17, 15) is 18.4 Å². The summed E-state index contributed by atoms with van der Waals surface area (Å²) in [5.41, 5.74) is -0.651. The molecule has 1 heterocycles. The van der Waals surface area contributed by atoms with Gasteiger partial charge in [-0.25, -0.2) is 9.59 Å². The van der Waals surface area contributed by atoms with E-state index >= 15 is 0 Å². The highest BCUT2D eigenvalue weighted by Gasteiger charge is 2.51. The van der Waals surface area contributed by atoms with Crippen LogP contribution in [-0.2, 0) is 9.53 Å². The Bertz CT molecular complexity index is 392. The molecular formula is C13H21F2NO4. The van der Waals surface area contributed by atoms with Crippen LogP contribution in [0.4, 0.5) is 13.6 Å². The molecule has 0 aromatic carbocycles. The predicted octanol–water partition coefficient (Wildman–Crippen LogP) is 2.60. The number of likely N-dealkylation sites (tertiary alicyclic amines) is 1. The zero-order valence-electron chi connectivity index (χ0n) is 12.2. The average Bonchev–Trinajstić information content (AvgIpc) is 2.25. The van der Waals surface area contributed by atoms with E-state index in [-0.39, 0.29) is 19.5 Å². The lowest BCUT2D eigenvalue weighted by atomic mass is 9.82. The largest absolute Gasteiger partial charge is 0.477 e. The van der Waals surface area contributed by atoms with E-state index in [1.54, 1.807) is 20.8 Å². The van der Waals surface area contributed by atoms with Crippen LogP contribution in [0.1, 0.15) is 34.1 Å². The molecule has 0 aromatic rings. The number of piperidine rings is 1. The van der Waals surface area contributed by atoms with E-state index in [4.69, 9.17) is 9.84 Å². The molecule has 0 bridgehead atoms. The van der Waals surface area contributed by atoms with Gasteiger partial charge in [-0.1, -0.05) is 6.92 Å². The topological polar surface area (TPSA) is 66.8 Å². The number of ether oxygens (including phenoxy) is 1. The molecule has 1 aliphatic rings. The third-order valence-corrected chi connectivity index (χ3v) is 3.31. The van der Waals surface area contributed by atoms with Crippen LogP contribution in [0.15, 0.2) is 0 Å². The van der Waals surface area contributed by atoms with Crippen molar-refractivity contribution in [3.63, 3.8) is 0 Å². The Kier molecular flexibility index (Phi) is 4.61. The van der Waals surface area contributed by atoms with E-state index in [0.717, 1.165) is 0 Å². The first-order valence-corrected chi connectivity index (χ1v) is 6.54. The van der Waals surface area contributed by atoms with Gasteiger partial charge < -0.3 is 14.7 Å². The second-order valence-corrected chi connectivity index (χ2v) is 6.23. The number of carbonyl (C=O) groups is 2. The Labute approximate surface area is 116 Å². The van der Waals surface area contributed by atoms with E-state index in [1.807, 2.05) is 0 Å². The predicted molar refractivity (Wildman–Crippen MR) is 67.7 cm³/mol. The van der Waals surface area contributed by atoms with Gasteiger partial charge in [-0.2, -0.15) is 8.78 Å². The molecule has 1 aliphatic heterocycles. The molecule has 0 aromatic heterocycles. The number of rotatable bonds is 2. The van der Waals surface area contributed by atoms with Gasteiger partial charge in [-0.05, 0) is 33.1 Å². The Morgan fingerprint density at radius 3 is 2.25 bits per heavy atom. The minimum Gasteiger partial charge on any atom is -0.477 e. The quantitative estimate of drug-likeness (QED) is 0.849. The maximum absolute atomic E-state index is 13.5. The van der Waals surface area contributed by atoms with Crippen molar-refractivity contribution < 1.29 is 28.2 Å². The van der Waals surface area contributed by atoms with E-state index < -0.39 is 35.4 Å². The zero-order valence-corrected chi connectivity index (χ0v) is 12.2. The summed E-state index contributed by atoms with van der Waals surface area (Å²) in [5.74, 6) is -7.75. The second-order valence-electron chi connectivity index (χ2n) is 6.23. The summed E-state index contributed by atoms with van der Waals surface area (Å²) in [5, 5.41) is 8.58. The molecule has 5 nitrogen and oxygen atoms in total. The number of halogens is 2. The number of aliphatic carboxylic acids is 1. The number of carbonyl (C=O) groups excluding carboxylic acids is 1. The van der Waals surface area contributed by atoms with Crippen molar-refractivity contribution in [1.29, 1.82) is 0 Å². The highest BCUT2D eigenvalue weighted by molar-refractivity contribution is 5.76. The number of hydrogen-bond donors (Lipinski definition) is 1. The van der Waals surface area contributed by atoms with Crippen molar-refractivity contribution in [3.8, 4) is 0 Å². The van der Waals surface area contributed by atoms with E-state index in [2.05, 4.69) is 0 Å². The number of carboxylic acid groups (broad SMARTS) is 1. The number of amides is 1. The molecular weight excluding hydrogens is 272 g/mol. The van der Waals surface area contributed by atoms with Gasteiger partial charge in [0.25, 0.3) is 0 Å².